The number of aliphatic hydroxyl groups excluding tert-OH is 5. The monoisotopic (exact) mass is 529 g/mol. The molecule has 6 N–H and O–H groups in total. The van der Waals surface area contributed by atoms with Crippen LogP contribution >= 0.6 is 0 Å². The Morgan fingerprint density at radius 2 is 1.72 bits per heavy atom. The molecule has 1 saturated heterocycles. The number of anilines is 1. The molecule has 1 fully saturated rings. The van der Waals surface area contributed by atoms with Gasteiger partial charge < -0.3 is 35.6 Å². The molecule has 11 heteroatoms. The molecule has 0 bridgehead atoms. The second-order valence-electron chi connectivity index (χ2n) is 10.2. The van der Waals surface area contributed by atoms with E-state index in [4.69, 9.17) is 4.74 Å². The molecule has 0 unspecified atom stereocenters. The number of hydrogen-bond donors (Lipinski definition) is 6. The summed E-state index contributed by atoms with van der Waals surface area (Å²) in [6.45, 7) is -0.303. The van der Waals surface area contributed by atoms with Crippen LogP contribution in [0.3, 0.4) is 0 Å². The molecule has 5 aromatic rings. The summed E-state index contributed by atoms with van der Waals surface area (Å²) in [5.74, 6) is 0.326. The van der Waals surface area contributed by atoms with Crippen molar-refractivity contribution in [3.8, 4) is 0 Å². The molecule has 11 nitrogen and oxygen atoms in total. The highest BCUT2D eigenvalue weighted by Crippen LogP contribution is 2.43. The maximum Gasteiger partial charge on any atom is 0.167 e. The number of fused-ring (bicyclic) bond motifs is 5. The summed E-state index contributed by atoms with van der Waals surface area (Å²) in [5, 5.41) is 59.6. The third-order valence-corrected chi connectivity index (χ3v) is 7.95. The third-order valence-electron chi connectivity index (χ3n) is 7.95. The van der Waals surface area contributed by atoms with Crippen molar-refractivity contribution in [2.24, 2.45) is 0 Å². The first-order valence-electron chi connectivity index (χ1n) is 12.8. The Labute approximate surface area is 222 Å². The highest BCUT2D eigenvalue weighted by atomic mass is 16.5. The number of benzene rings is 3. The second kappa shape index (κ2) is 9.19. The highest BCUT2D eigenvalue weighted by Gasteiger charge is 2.42. The molecule has 2 aromatic heterocycles. The van der Waals surface area contributed by atoms with Gasteiger partial charge in [-0.15, -0.1) is 0 Å². The van der Waals surface area contributed by atoms with Gasteiger partial charge in [0.05, 0.1) is 25.1 Å². The Morgan fingerprint density at radius 3 is 2.49 bits per heavy atom. The average Bonchev–Trinajstić information content (AvgIpc) is 3.56. The van der Waals surface area contributed by atoms with Gasteiger partial charge in [0.15, 0.2) is 17.0 Å². The van der Waals surface area contributed by atoms with Crippen molar-refractivity contribution in [3.05, 3.63) is 72.3 Å². The summed E-state index contributed by atoms with van der Waals surface area (Å²) < 4.78 is 7.45. The number of aliphatic hydroxyl groups is 5. The van der Waals surface area contributed by atoms with Gasteiger partial charge in [-0.2, -0.15) is 0 Å². The van der Waals surface area contributed by atoms with Gasteiger partial charge in [0.25, 0.3) is 0 Å². The Morgan fingerprint density at radius 1 is 0.923 bits per heavy atom. The first-order chi connectivity index (χ1) is 18.9. The molecule has 1 aliphatic carbocycles. The van der Waals surface area contributed by atoms with E-state index in [2.05, 4.69) is 26.3 Å². The van der Waals surface area contributed by atoms with Gasteiger partial charge in [-0.05, 0) is 44.8 Å². The zero-order chi connectivity index (χ0) is 26.8. The van der Waals surface area contributed by atoms with E-state index in [1.165, 1.54) is 12.7 Å². The number of imidazole rings is 1. The topological polar surface area (TPSA) is 166 Å². The van der Waals surface area contributed by atoms with E-state index in [0.717, 1.165) is 21.5 Å². The molecule has 2 aliphatic rings. The van der Waals surface area contributed by atoms with Crippen molar-refractivity contribution in [1.29, 1.82) is 0 Å². The number of nitrogens with zero attached hydrogens (tertiary/aromatic N) is 4. The van der Waals surface area contributed by atoms with Crippen LogP contribution in [0.15, 0.2) is 61.2 Å². The molecule has 200 valence electrons. The minimum absolute atomic E-state index is 0.266. The molecule has 0 radical (unpaired) electrons. The number of ether oxygens (including phenoxy) is 1. The van der Waals surface area contributed by atoms with Crippen LogP contribution in [-0.2, 0) is 4.74 Å². The summed E-state index contributed by atoms with van der Waals surface area (Å²) in [6, 6.07) is 14.9. The first kappa shape index (κ1) is 24.3. The van der Waals surface area contributed by atoms with Crippen LogP contribution in [0.25, 0.3) is 32.7 Å². The van der Waals surface area contributed by atoms with Crippen LogP contribution in [-0.4, -0.2) is 76.1 Å². The van der Waals surface area contributed by atoms with Crippen LogP contribution in [0.5, 0.6) is 0 Å². The minimum atomic E-state index is -1.42. The van der Waals surface area contributed by atoms with Crippen molar-refractivity contribution in [3.63, 3.8) is 0 Å². The van der Waals surface area contributed by atoms with E-state index in [1.54, 1.807) is 10.6 Å². The van der Waals surface area contributed by atoms with Crippen LogP contribution in [0.4, 0.5) is 5.82 Å². The van der Waals surface area contributed by atoms with Crippen LogP contribution in [0.2, 0.25) is 0 Å². The van der Waals surface area contributed by atoms with Gasteiger partial charge in [0.1, 0.15) is 37.0 Å². The summed E-state index contributed by atoms with van der Waals surface area (Å²) >= 11 is 0. The molecule has 39 heavy (non-hydrogen) atoms. The number of hydrogen-bond acceptors (Lipinski definition) is 10. The smallest absolute Gasteiger partial charge is 0.167 e. The normalized spacial score (nSPS) is 28.8. The summed E-state index contributed by atoms with van der Waals surface area (Å²) in [7, 11) is 0. The van der Waals surface area contributed by atoms with Gasteiger partial charge in [-0.25, -0.2) is 15.0 Å². The third kappa shape index (κ3) is 3.78. The van der Waals surface area contributed by atoms with E-state index in [9.17, 15) is 25.5 Å². The van der Waals surface area contributed by atoms with Gasteiger partial charge in [-0.3, -0.25) is 4.57 Å². The first-order valence-corrected chi connectivity index (χ1v) is 12.8. The van der Waals surface area contributed by atoms with Crippen LogP contribution in [0, 0.1) is 0 Å². The Hall–Kier alpha value is -3.71. The van der Waals surface area contributed by atoms with Crippen molar-refractivity contribution >= 4 is 38.5 Å². The molecule has 0 amide bonds. The molecule has 7 atom stereocenters. The van der Waals surface area contributed by atoms with E-state index in [1.807, 2.05) is 36.4 Å². The second-order valence-corrected chi connectivity index (χ2v) is 10.2. The van der Waals surface area contributed by atoms with Crippen molar-refractivity contribution in [2.75, 3.05) is 11.9 Å². The van der Waals surface area contributed by atoms with Crippen molar-refractivity contribution < 1.29 is 30.3 Å². The lowest BCUT2D eigenvalue weighted by atomic mass is 9.79. The minimum Gasteiger partial charge on any atom is -0.394 e. The molecule has 7 rings (SSSR count). The summed E-state index contributed by atoms with van der Waals surface area (Å²) in [6.07, 6.45) is -2.97. The number of aromatic nitrogens is 4. The van der Waals surface area contributed by atoms with Crippen molar-refractivity contribution in [1.82, 2.24) is 19.5 Å². The zero-order valence-electron chi connectivity index (χ0n) is 20.7. The maximum absolute atomic E-state index is 11.2. The molecular formula is C28H27N5O6. The molecule has 0 saturated carbocycles. The number of nitrogens with one attached hydrogen (secondary N) is 1. The van der Waals surface area contributed by atoms with E-state index in [-0.39, 0.29) is 13.0 Å². The van der Waals surface area contributed by atoms with Crippen LogP contribution in [0.1, 0.15) is 35.9 Å². The largest absolute Gasteiger partial charge is 0.394 e. The SMILES string of the molecule is OC[C@H]1O[C@@H](n2cnc3c(N[C@@H]4c5c(ccc6cc7ccccc7cc56)[C@H](O)[C@@H](O)[C@@H]4O)ncnc32)C[C@@H]1O. The molecule has 0 spiro atoms. The maximum atomic E-state index is 11.2. The fourth-order valence-corrected chi connectivity index (χ4v) is 5.92. The summed E-state index contributed by atoms with van der Waals surface area (Å²) in [4.78, 5) is 13.2. The number of rotatable bonds is 4. The van der Waals surface area contributed by atoms with Crippen LogP contribution < -0.4 is 5.32 Å². The van der Waals surface area contributed by atoms with E-state index < -0.39 is 42.8 Å². The Kier molecular flexibility index (Phi) is 5.74. The van der Waals surface area contributed by atoms with Gasteiger partial charge in [0.2, 0.25) is 0 Å². The van der Waals surface area contributed by atoms with Gasteiger partial charge in [-0.1, -0.05) is 36.4 Å². The fraction of sp³-hybridized carbons (Fsp3) is 0.321. The Balaban J connectivity index is 1.34. The Bertz CT molecular complexity index is 1710. The predicted molar refractivity (Wildman–Crippen MR) is 142 cm³/mol. The van der Waals surface area contributed by atoms with E-state index >= 15 is 0 Å². The highest BCUT2D eigenvalue weighted by molar-refractivity contribution is 6.00. The zero-order valence-corrected chi connectivity index (χ0v) is 20.7. The summed E-state index contributed by atoms with van der Waals surface area (Å²) in [5.41, 5.74) is 2.04. The quantitative estimate of drug-likeness (QED) is 0.189. The fourth-order valence-electron chi connectivity index (χ4n) is 5.92. The van der Waals surface area contributed by atoms with Crippen molar-refractivity contribution in [2.45, 2.75) is 49.2 Å². The predicted octanol–water partition coefficient (Wildman–Crippen LogP) is 1.70. The average molecular weight is 530 g/mol. The lowest BCUT2D eigenvalue weighted by Gasteiger charge is -2.38. The standard InChI is InChI=1S/C28H27N5O6/c34-10-19-18(35)9-20(39-19)33-12-31-23-27(29-11-30-28(23)33)32-22-21-16(24(36)26(38)25(22)37)6-5-15-7-13-3-1-2-4-14(13)8-17(15)21/h1-8,11-12,18-20,22,24-26,34-38H,9-10H2,(H,29,30,32)/t18-,19+,20+,22+,24-,25+,26+/m0/s1. The van der Waals surface area contributed by atoms with E-state index in [0.29, 0.717) is 28.1 Å². The lowest BCUT2D eigenvalue weighted by molar-refractivity contribution is -0.0766. The molecule has 1 aliphatic heterocycles. The van der Waals surface area contributed by atoms with Gasteiger partial charge >= 0.3 is 0 Å². The molecule has 3 heterocycles. The van der Waals surface area contributed by atoms with Gasteiger partial charge in [0, 0.05) is 6.42 Å². The lowest BCUT2D eigenvalue weighted by Crippen LogP contribution is -2.44. The molecular weight excluding hydrogens is 502 g/mol. The molecule has 3 aromatic carbocycles.